The molecule has 1 aliphatic rings. The average Bonchev–Trinajstić information content (AvgIpc) is 3.26. The molecule has 0 saturated carbocycles. The molecule has 2 amide bonds. The smallest absolute Gasteiger partial charge is 0.344 e. The topological polar surface area (TPSA) is 103 Å². The number of esters is 1. The number of anilines is 2. The lowest BCUT2D eigenvalue weighted by molar-refractivity contribution is -0.149. The van der Waals surface area contributed by atoms with Gasteiger partial charge in [-0.1, -0.05) is 11.6 Å². The van der Waals surface area contributed by atoms with E-state index < -0.39 is 18.5 Å². The number of hydrogen-bond acceptors (Lipinski definition) is 7. The van der Waals surface area contributed by atoms with E-state index in [4.69, 9.17) is 25.8 Å². The Bertz CT molecular complexity index is 1260. The fraction of sp³-hybridized carbons (Fsp3) is 0.296. The van der Waals surface area contributed by atoms with E-state index in [-0.39, 0.29) is 12.5 Å². The van der Waals surface area contributed by atoms with Crippen molar-refractivity contribution in [3.05, 3.63) is 69.6 Å². The van der Waals surface area contributed by atoms with E-state index in [9.17, 15) is 14.4 Å². The Kier molecular flexibility index (Phi) is 9.03. The molecule has 1 heterocycles. The normalized spacial score (nSPS) is 12.3. The molecular formula is C27H27ClN2O6S. The van der Waals surface area contributed by atoms with Gasteiger partial charge in [-0.25, -0.2) is 4.79 Å². The summed E-state index contributed by atoms with van der Waals surface area (Å²) in [7, 11) is 0. The Balaban J connectivity index is 1.34. The van der Waals surface area contributed by atoms with Crippen molar-refractivity contribution >= 4 is 51.4 Å². The summed E-state index contributed by atoms with van der Waals surface area (Å²) in [5.74, 6) is -0.350. The summed E-state index contributed by atoms with van der Waals surface area (Å²) in [5.41, 5.74) is 2.01. The minimum atomic E-state index is -0.685. The van der Waals surface area contributed by atoms with E-state index in [2.05, 4.69) is 10.6 Å². The number of benzene rings is 2. The summed E-state index contributed by atoms with van der Waals surface area (Å²) in [6, 6.07) is 13.6. The van der Waals surface area contributed by atoms with Crippen LogP contribution in [0.3, 0.4) is 0 Å². The zero-order chi connectivity index (χ0) is 26.2. The maximum Gasteiger partial charge on any atom is 0.344 e. The lowest BCUT2D eigenvalue weighted by atomic mass is 9.95. The summed E-state index contributed by atoms with van der Waals surface area (Å²) >= 11 is 7.33. The molecule has 4 rings (SSSR count). The minimum absolute atomic E-state index is 0.308. The van der Waals surface area contributed by atoms with Gasteiger partial charge >= 0.3 is 5.97 Å². The Morgan fingerprint density at radius 2 is 1.57 bits per heavy atom. The van der Waals surface area contributed by atoms with Gasteiger partial charge in [-0.05, 0) is 86.7 Å². The number of carbonyl (C=O) groups excluding carboxylic acids is 3. The summed E-state index contributed by atoms with van der Waals surface area (Å²) in [6.07, 6.45) is 3.63. The first-order chi connectivity index (χ1) is 17.9. The SMILES string of the molecule is CCOc1ccc(OCC(=O)OCC(=O)Nc2sc3c(c2C(=O)Nc2ccc(Cl)cc2)CCCC3)cc1. The number of rotatable bonds is 10. The number of nitrogens with one attached hydrogen (secondary N) is 2. The van der Waals surface area contributed by atoms with Crippen LogP contribution in [0.1, 0.15) is 40.6 Å². The predicted octanol–water partition coefficient (Wildman–Crippen LogP) is 5.49. The highest BCUT2D eigenvalue weighted by atomic mass is 35.5. The van der Waals surface area contributed by atoms with Crippen LogP contribution in [0.25, 0.3) is 0 Å². The van der Waals surface area contributed by atoms with Gasteiger partial charge in [0, 0.05) is 15.6 Å². The maximum absolute atomic E-state index is 13.2. The fourth-order valence-corrected chi connectivity index (χ4v) is 5.34. The molecule has 10 heteroatoms. The van der Waals surface area contributed by atoms with E-state index >= 15 is 0 Å². The van der Waals surface area contributed by atoms with Crippen molar-refractivity contribution in [1.82, 2.24) is 0 Å². The third-order valence-corrected chi connectivity index (χ3v) is 7.07. The van der Waals surface area contributed by atoms with Crippen LogP contribution in [0, 0.1) is 0 Å². The van der Waals surface area contributed by atoms with Crippen LogP contribution in [-0.2, 0) is 27.2 Å². The molecule has 0 atom stereocenters. The Labute approximate surface area is 223 Å². The summed E-state index contributed by atoms with van der Waals surface area (Å²) in [6.45, 7) is 1.60. The zero-order valence-electron chi connectivity index (χ0n) is 20.3. The number of halogens is 1. The monoisotopic (exact) mass is 542 g/mol. The van der Waals surface area contributed by atoms with Gasteiger partial charge in [-0.3, -0.25) is 9.59 Å². The second-order valence-corrected chi connectivity index (χ2v) is 9.82. The average molecular weight is 543 g/mol. The molecule has 3 aromatic rings. The number of ether oxygens (including phenoxy) is 3. The van der Waals surface area contributed by atoms with Gasteiger partial charge in [0.25, 0.3) is 11.8 Å². The molecular weight excluding hydrogens is 516 g/mol. The van der Waals surface area contributed by atoms with Gasteiger partial charge in [0.2, 0.25) is 0 Å². The molecule has 0 radical (unpaired) electrons. The van der Waals surface area contributed by atoms with Crippen LogP contribution in [-0.4, -0.2) is 37.6 Å². The molecule has 0 spiro atoms. The van der Waals surface area contributed by atoms with Crippen molar-refractivity contribution in [3.8, 4) is 11.5 Å². The van der Waals surface area contributed by atoms with E-state index in [1.54, 1.807) is 48.5 Å². The quantitative estimate of drug-likeness (QED) is 0.328. The van der Waals surface area contributed by atoms with Crippen LogP contribution < -0.4 is 20.1 Å². The number of thiophene rings is 1. The molecule has 194 valence electrons. The number of carbonyl (C=O) groups is 3. The summed E-state index contributed by atoms with van der Waals surface area (Å²) in [5, 5.41) is 6.65. The molecule has 2 N–H and O–H groups in total. The number of fused-ring (bicyclic) bond motifs is 1. The fourth-order valence-electron chi connectivity index (χ4n) is 3.91. The highest BCUT2D eigenvalue weighted by molar-refractivity contribution is 7.17. The predicted molar refractivity (Wildman–Crippen MR) is 143 cm³/mol. The van der Waals surface area contributed by atoms with Crippen molar-refractivity contribution in [1.29, 1.82) is 0 Å². The van der Waals surface area contributed by atoms with Gasteiger partial charge in [0.1, 0.15) is 16.5 Å². The van der Waals surface area contributed by atoms with Crippen molar-refractivity contribution in [3.63, 3.8) is 0 Å². The molecule has 0 fully saturated rings. The van der Waals surface area contributed by atoms with Crippen LogP contribution in [0.2, 0.25) is 5.02 Å². The van der Waals surface area contributed by atoms with Crippen molar-refractivity contribution in [2.75, 3.05) is 30.5 Å². The third-order valence-electron chi connectivity index (χ3n) is 5.61. The summed E-state index contributed by atoms with van der Waals surface area (Å²) < 4.78 is 15.8. The highest BCUT2D eigenvalue weighted by Gasteiger charge is 2.26. The Hall–Kier alpha value is -3.56. The first-order valence-corrected chi connectivity index (χ1v) is 13.1. The number of hydrogen-bond donors (Lipinski definition) is 2. The first-order valence-electron chi connectivity index (χ1n) is 12.0. The molecule has 0 bridgehead atoms. The molecule has 1 aliphatic carbocycles. The maximum atomic E-state index is 13.2. The number of amides is 2. The van der Waals surface area contributed by atoms with Crippen LogP contribution >= 0.6 is 22.9 Å². The minimum Gasteiger partial charge on any atom is -0.494 e. The lowest BCUT2D eigenvalue weighted by Crippen LogP contribution is -2.24. The standard InChI is InChI=1S/C27H27ClN2O6S/c1-2-34-19-11-13-20(14-12-19)35-16-24(32)36-15-23(31)30-27-25(21-5-3-4-6-22(21)37-27)26(33)29-18-9-7-17(28)8-10-18/h7-14H,2-6,15-16H2,1H3,(H,29,33)(H,30,31). The highest BCUT2D eigenvalue weighted by Crippen LogP contribution is 2.38. The van der Waals surface area contributed by atoms with Gasteiger partial charge in [0.15, 0.2) is 13.2 Å². The van der Waals surface area contributed by atoms with Gasteiger partial charge in [-0.2, -0.15) is 0 Å². The Morgan fingerprint density at radius 3 is 2.27 bits per heavy atom. The van der Waals surface area contributed by atoms with Crippen LogP contribution in [0.5, 0.6) is 11.5 Å². The van der Waals surface area contributed by atoms with Gasteiger partial charge in [0.05, 0.1) is 12.2 Å². The van der Waals surface area contributed by atoms with Crippen molar-refractivity contribution < 1.29 is 28.6 Å². The van der Waals surface area contributed by atoms with E-state index in [0.717, 1.165) is 36.1 Å². The van der Waals surface area contributed by atoms with Gasteiger partial charge < -0.3 is 24.8 Å². The Morgan fingerprint density at radius 1 is 0.892 bits per heavy atom. The van der Waals surface area contributed by atoms with Crippen LogP contribution in [0.15, 0.2) is 48.5 Å². The number of aryl methyl sites for hydroxylation is 1. The molecule has 1 aromatic heterocycles. The van der Waals surface area contributed by atoms with E-state index in [1.165, 1.54) is 11.3 Å². The van der Waals surface area contributed by atoms with Gasteiger partial charge in [-0.15, -0.1) is 11.3 Å². The second-order valence-electron chi connectivity index (χ2n) is 8.28. The molecule has 8 nitrogen and oxygen atoms in total. The summed E-state index contributed by atoms with van der Waals surface area (Å²) in [4.78, 5) is 38.9. The second kappa shape index (κ2) is 12.6. The largest absolute Gasteiger partial charge is 0.494 e. The third kappa shape index (κ3) is 7.24. The van der Waals surface area contributed by atoms with E-state index in [0.29, 0.717) is 39.4 Å². The van der Waals surface area contributed by atoms with E-state index in [1.807, 2.05) is 6.92 Å². The molecule has 37 heavy (non-hydrogen) atoms. The zero-order valence-corrected chi connectivity index (χ0v) is 21.9. The molecule has 0 aliphatic heterocycles. The molecule has 0 unspecified atom stereocenters. The first kappa shape index (κ1) is 26.5. The molecule has 2 aromatic carbocycles. The van der Waals surface area contributed by atoms with Crippen molar-refractivity contribution in [2.45, 2.75) is 32.6 Å². The van der Waals surface area contributed by atoms with Crippen molar-refractivity contribution in [2.24, 2.45) is 0 Å². The lowest BCUT2D eigenvalue weighted by Gasteiger charge is -2.13. The van der Waals surface area contributed by atoms with Crippen LogP contribution in [0.4, 0.5) is 10.7 Å². The molecule has 0 saturated heterocycles.